The number of hydrogen-bond acceptors (Lipinski definition) is 6. The van der Waals surface area contributed by atoms with Crippen molar-refractivity contribution in [2.45, 2.75) is 59.0 Å². The van der Waals surface area contributed by atoms with Crippen LogP contribution < -0.4 is 9.47 Å². The van der Waals surface area contributed by atoms with Crippen molar-refractivity contribution in [3.05, 3.63) is 94.0 Å². The van der Waals surface area contributed by atoms with E-state index in [1.807, 2.05) is 64.1 Å². The van der Waals surface area contributed by atoms with E-state index in [4.69, 9.17) is 14.2 Å². The van der Waals surface area contributed by atoms with Crippen LogP contribution >= 0.6 is 0 Å². The molecule has 6 nitrogen and oxygen atoms in total. The highest BCUT2D eigenvalue weighted by Crippen LogP contribution is 2.48. The van der Waals surface area contributed by atoms with Crippen molar-refractivity contribution >= 4 is 17.9 Å². The molecule has 0 atom stereocenters. The molecule has 3 aromatic rings. The third-order valence-electron chi connectivity index (χ3n) is 6.29. The highest BCUT2D eigenvalue weighted by Gasteiger charge is 2.48. The number of fused-ring (bicyclic) bond motifs is 1. The summed E-state index contributed by atoms with van der Waals surface area (Å²) in [6.07, 6.45) is 2.08. The average molecular weight is 487 g/mol. The van der Waals surface area contributed by atoms with Gasteiger partial charge in [-0.15, -0.1) is 0 Å². The maximum Gasteiger partial charge on any atom is 0.340 e. The molecular formula is C30H30O6. The van der Waals surface area contributed by atoms with Crippen molar-refractivity contribution in [1.82, 2.24) is 0 Å². The van der Waals surface area contributed by atoms with Crippen LogP contribution in [0, 0.1) is 13.8 Å². The summed E-state index contributed by atoms with van der Waals surface area (Å²) in [7, 11) is 0. The lowest BCUT2D eigenvalue weighted by Gasteiger charge is -2.31. The number of carbonyl (C=O) groups is 3. The van der Waals surface area contributed by atoms with E-state index in [-0.39, 0.29) is 11.9 Å². The first-order valence-electron chi connectivity index (χ1n) is 12.3. The zero-order valence-electron chi connectivity index (χ0n) is 21.1. The summed E-state index contributed by atoms with van der Waals surface area (Å²) in [5.74, 6) is -0.0504. The number of benzene rings is 3. The molecule has 0 saturated carbocycles. The van der Waals surface area contributed by atoms with Gasteiger partial charge in [0.05, 0.1) is 5.56 Å². The van der Waals surface area contributed by atoms with Gasteiger partial charge in [0.25, 0.3) is 0 Å². The third-order valence-corrected chi connectivity index (χ3v) is 6.29. The van der Waals surface area contributed by atoms with Gasteiger partial charge in [-0.3, -0.25) is 9.59 Å². The second-order valence-electron chi connectivity index (χ2n) is 9.02. The van der Waals surface area contributed by atoms with Gasteiger partial charge in [0.2, 0.25) is 0 Å². The fourth-order valence-electron chi connectivity index (χ4n) is 4.53. The lowest BCUT2D eigenvalue weighted by molar-refractivity contribution is -0.135. The van der Waals surface area contributed by atoms with Gasteiger partial charge in [0.1, 0.15) is 11.5 Å². The molecule has 6 heteroatoms. The summed E-state index contributed by atoms with van der Waals surface area (Å²) in [6, 6.07) is 18.2. The Bertz CT molecular complexity index is 1250. The molecule has 0 aromatic heterocycles. The molecule has 0 radical (unpaired) electrons. The average Bonchev–Trinajstić information content (AvgIpc) is 3.15. The number of hydrogen-bond donors (Lipinski definition) is 0. The largest absolute Gasteiger partial charge is 0.441 e. The molecule has 0 fully saturated rings. The minimum Gasteiger partial charge on any atom is -0.441 e. The standard InChI is InChI=1S/C30H30O6/c1-5-9-27(31)34-25-15-13-21(17-19(25)3)30(24-12-8-7-11-23(24)29(33)36-30)22-14-16-26(20(4)18-22)35-28(32)10-6-2/h7-8,11-18H,5-6,9-10H2,1-4H3. The predicted octanol–water partition coefficient (Wildman–Crippen LogP) is 6.18. The Morgan fingerprint density at radius 2 is 1.28 bits per heavy atom. The van der Waals surface area contributed by atoms with Gasteiger partial charge in [-0.05, 0) is 68.1 Å². The van der Waals surface area contributed by atoms with Crippen LogP contribution in [-0.4, -0.2) is 17.9 Å². The molecular weight excluding hydrogens is 456 g/mol. The SMILES string of the molecule is CCCC(=O)Oc1ccc(C2(c3ccc(OC(=O)CCC)c(C)c3)OC(=O)c3ccccc32)cc1C. The van der Waals surface area contributed by atoms with E-state index in [2.05, 4.69) is 0 Å². The fraction of sp³-hybridized carbons (Fsp3) is 0.300. The lowest BCUT2D eigenvalue weighted by Crippen LogP contribution is -2.30. The zero-order chi connectivity index (χ0) is 25.9. The Hall–Kier alpha value is -3.93. The molecule has 1 aliphatic heterocycles. The molecule has 0 bridgehead atoms. The molecule has 0 spiro atoms. The minimum absolute atomic E-state index is 0.287. The van der Waals surface area contributed by atoms with Gasteiger partial charge in [-0.1, -0.05) is 44.2 Å². The third kappa shape index (κ3) is 4.63. The quantitative estimate of drug-likeness (QED) is 0.280. The predicted molar refractivity (Wildman–Crippen MR) is 135 cm³/mol. The molecule has 1 heterocycles. The van der Waals surface area contributed by atoms with E-state index in [0.717, 1.165) is 27.8 Å². The van der Waals surface area contributed by atoms with Gasteiger partial charge < -0.3 is 14.2 Å². The van der Waals surface area contributed by atoms with Crippen molar-refractivity contribution in [3.63, 3.8) is 0 Å². The van der Waals surface area contributed by atoms with Crippen LogP contribution in [0.1, 0.15) is 77.7 Å². The van der Waals surface area contributed by atoms with Crippen LogP contribution in [0.15, 0.2) is 60.7 Å². The molecule has 186 valence electrons. The second-order valence-corrected chi connectivity index (χ2v) is 9.02. The van der Waals surface area contributed by atoms with E-state index >= 15 is 0 Å². The minimum atomic E-state index is -1.21. The van der Waals surface area contributed by atoms with Gasteiger partial charge in [0, 0.05) is 29.5 Å². The number of ether oxygens (including phenoxy) is 3. The van der Waals surface area contributed by atoms with Gasteiger partial charge in [0.15, 0.2) is 5.60 Å². The van der Waals surface area contributed by atoms with Gasteiger partial charge >= 0.3 is 17.9 Å². The fourth-order valence-corrected chi connectivity index (χ4v) is 4.53. The zero-order valence-corrected chi connectivity index (χ0v) is 21.1. The molecule has 3 aromatic carbocycles. The number of esters is 3. The summed E-state index contributed by atoms with van der Waals surface area (Å²) < 4.78 is 17.2. The monoisotopic (exact) mass is 486 g/mol. The maximum absolute atomic E-state index is 13.0. The molecule has 36 heavy (non-hydrogen) atoms. The topological polar surface area (TPSA) is 78.9 Å². The van der Waals surface area contributed by atoms with Crippen molar-refractivity contribution in [1.29, 1.82) is 0 Å². The van der Waals surface area contributed by atoms with E-state index in [0.29, 0.717) is 42.7 Å². The van der Waals surface area contributed by atoms with E-state index in [1.54, 1.807) is 24.3 Å². The maximum atomic E-state index is 13.0. The number of aryl methyl sites for hydroxylation is 2. The summed E-state index contributed by atoms with van der Waals surface area (Å²) in [4.78, 5) is 37.1. The number of rotatable bonds is 8. The number of cyclic esters (lactones) is 1. The Kier molecular flexibility index (Phi) is 7.25. The molecule has 1 aliphatic rings. The summed E-state index contributed by atoms with van der Waals surface area (Å²) in [5, 5.41) is 0. The first kappa shape index (κ1) is 25.2. The summed E-state index contributed by atoms with van der Waals surface area (Å²) in [5.41, 5.74) is 2.95. The van der Waals surface area contributed by atoms with Crippen LogP contribution in [0.5, 0.6) is 11.5 Å². The molecule has 4 rings (SSSR count). The lowest BCUT2D eigenvalue weighted by atomic mass is 9.79. The van der Waals surface area contributed by atoms with Crippen molar-refractivity contribution in [2.24, 2.45) is 0 Å². The van der Waals surface area contributed by atoms with Crippen molar-refractivity contribution in [2.75, 3.05) is 0 Å². The van der Waals surface area contributed by atoms with Crippen LogP contribution in [-0.2, 0) is 19.9 Å². The molecule has 0 amide bonds. The van der Waals surface area contributed by atoms with Crippen molar-refractivity contribution < 1.29 is 28.6 Å². The van der Waals surface area contributed by atoms with Gasteiger partial charge in [-0.25, -0.2) is 4.79 Å². The Balaban J connectivity index is 1.83. The Morgan fingerprint density at radius 3 is 1.75 bits per heavy atom. The van der Waals surface area contributed by atoms with Crippen LogP contribution in [0.2, 0.25) is 0 Å². The van der Waals surface area contributed by atoms with Gasteiger partial charge in [-0.2, -0.15) is 0 Å². The van der Waals surface area contributed by atoms with E-state index < -0.39 is 11.6 Å². The van der Waals surface area contributed by atoms with E-state index in [9.17, 15) is 14.4 Å². The molecule has 0 N–H and O–H groups in total. The first-order chi connectivity index (χ1) is 17.3. The first-order valence-corrected chi connectivity index (χ1v) is 12.3. The molecule has 0 saturated heterocycles. The summed E-state index contributed by atoms with van der Waals surface area (Å²) >= 11 is 0. The Labute approximate surface area is 211 Å². The molecule has 0 aliphatic carbocycles. The summed E-state index contributed by atoms with van der Waals surface area (Å²) in [6.45, 7) is 7.56. The number of carbonyl (C=O) groups excluding carboxylic acids is 3. The highest BCUT2D eigenvalue weighted by molar-refractivity contribution is 5.96. The normalized spacial score (nSPS) is 13.6. The van der Waals surface area contributed by atoms with Crippen LogP contribution in [0.3, 0.4) is 0 Å². The Morgan fingerprint density at radius 1 is 0.778 bits per heavy atom. The molecule has 0 unspecified atom stereocenters. The van der Waals surface area contributed by atoms with Crippen LogP contribution in [0.25, 0.3) is 0 Å². The smallest absolute Gasteiger partial charge is 0.340 e. The van der Waals surface area contributed by atoms with Crippen LogP contribution in [0.4, 0.5) is 0 Å². The highest BCUT2D eigenvalue weighted by atomic mass is 16.6. The van der Waals surface area contributed by atoms with Crippen molar-refractivity contribution in [3.8, 4) is 11.5 Å². The second kappa shape index (κ2) is 10.4. The van der Waals surface area contributed by atoms with E-state index in [1.165, 1.54) is 0 Å².